The molecule has 110 valence electrons. The highest BCUT2D eigenvalue weighted by molar-refractivity contribution is 7.98. The zero-order valence-electron chi connectivity index (χ0n) is 11.8. The van der Waals surface area contributed by atoms with Crippen molar-refractivity contribution in [1.29, 1.82) is 0 Å². The van der Waals surface area contributed by atoms with Gasteiger partial charge in [-0.2, -0.15) is 0 Å². The van der Waals surface area contributed by atoms with Crippen LogP contribution in [0.15, 0.2) is 60.3 Å². The Morgan fingerprint density at radius 3 is 2.50 bits per heavy atom. The maximum absolute atomic E-state index is 12.1. The third kappa shape index (κ3) is 3.15. The van der Waals surface area contributed by atoms with Crippen molar-refractivity contribution in [3.8, 4) is 5.95 Å². The van der Waals surface area contributed by atoms with Crippen molar-refractivity contribution in [1.82, 2.24) is 19.5 Å². The highest BCUT2D eigenvalue weighted by atomic mass is 32.2. The number of hydrogen-bond acceptors (Lipinski definition) is 5. The zero-order valence-corrected chi connectivity index (χ0v) is 12.6. The van der Waals surface area contributed by atoms with Gasteiger partial charge in [0.2, 0.25) is 5.95 Å². The van der Waals surface area contributed by atoms with Gasteiger partial charge in [-0.1, -0.05) is 0 Å². The average Bonchev–Trinajstić information content (AvgIpc) is 3.10. The monoisotopic (exact) mass is 311 g/mol. The van der Waals surface area contributed by atoms with Crippen LogP contribution in [0.25, 0.3) is 5.95 Å². The number of benzene rings is 1. The Balaban J connectivity index is 1.71. The average molecular weight is 311 g/mol. The van der Waals surface area contributed by atoms with E-state index >= 15 is 0 Å². The van der Waals surface area contributed by atoms with Crippen LogP contribution in [-0.2, 0) is 0 Å². The molecule has 1 amide bonds. The molecule has 1 aromatic carbocycles. The third-order valence-electron chi connectivity index (χ3n) is 2.98. The Labute approximate surface area is 131 Å². The molecule has 7 heteroatoms. The summed E-state index contributed by atoms with van der Waals surface area (Å²) in [5, 5.41) is 2.77. The van der Waals surface area contributed by atoms with Gasteiger partial charge in [-0.15, -0.1) is 11.8 Å². The van der Waals surface area contributed by atoms with Gasteiger partial charge in [0.1, 0.15) is 6.33 Å². The number of imidazole rings is 1. The first-order chi connectivity index (χ1) is 10.8. The highest BCUT2D eigenvalue weighted by Crippen LogP contribution is 2.16. The largest absolute Gasteiger partial charge is 0.319 e. The van der Waals surface area contributed by atoms with E-state index in [0.29, 0.717) is 17.2 Å². The molecular weight excluding hydrogens is 298 g/mol. The molecule has 3 rings (SSSR count). The molecule has 0 saturated heterocycles. The van der Waals surface area contributed by atoms with E-state index in [1.54, 1.807) is 59.6 Å². The summed E-state index contributed by atoms with van der Waals surface area (Å²) < 4.78 is 1.69. The third-order valence-corrected chi connectivity index (χ3v) is 3.73. The molecule has 0 bridgehead atoms. The minimum absolute atomic E-state index is 0.188. The van der Waals surface area contributed by atoms with Crippen LogP contribution >= 0.6 is 11.8 Å². The molecule has 2 aromatic heterocycles. The van der Waals surface area contributed by atoms with Gasteiger partial charge in [0.15, 0.2) is 0 Å². The van der Waals surface area contributed by atoms with Gasteiger partial charge in [0.05, 0.1) is 18.1 Å². The number of aromatic nitrogens is 4. The summed E-state index contributed by atoms with van der Waals surface area (Å²) >= 11 is 1.63. The summed E-state index contributed by atoms with van der Waals surface area (Å²) in [4.78, 5) is 25.6. The summed E-state index contributed by atoms with van der Waals surface area (Å²) in [5.74, 6) is 0.312. The first kappa shape index (κ1) is 14.3. The molecule has 1 N–H and O–H groups in total. The van der Waals surface area contributed by atoms with Crippen LogP contribution < -0.4 is 5.32 Å². The molecule has 0 aliphatic rings. The minimum atomic E-state index is -0.188. The molecule has 22 heavy (non-hydrogen) atoms. The number of rotatable bonds is 4. The van der Waals surface area contributed by atoms with Crippen molar-refractivity contribution in [3.05, 3.63) is 60.9 Å². The van der Waals surface area contributed by atoms with Gasteiger partial charge < -0.3 is 5.32 Å². The number of carbonyl (C=O) groups excluding carboxylic acids is 1. The Morgan fingerprint density at radius 2 is 1.91 bits per heavy atom. The van der Waals surface area contributed by atoms with Crippen LogP contribution in [-0.4, -0.2) is 31.7 Å². The second kappa shape index (κ2) is 6.40. The van der Waals surface area contributed by atoms with Gasteiger partial charge in [-0.05, 0) is 30.5 Å². The number of amides is 1. The molecule has 0 aliphatic carbocycles. The number of anilines is 1. The van der Waals surface area contributed by atoms with Crippen LogP contribution in [0.3, 0.4) is 0 Å². The van der Waals surface area contributed by atoms with Crippen LogP contribution in [0.4, 0.5) is 5.69 Å². The number of thioether (sulfide) groups is 1. The first-order valence-electron chi connectivity index (χ1n) is 6.52. The van der Waals surface area contributed by atoms with E-state index in [2.05, 4.69) is 20.3 Å². The summed E-state index contributed by atoms with van der Waals surface area (Å²) in [6.45, 7) is 0. The van der Waals surface area contributed by atoms with Crippen LogP contribution in [0.2, 0.25) is 0 Å². The Bertz CT molecular complexity index is 754. The lowest BCUT2D eigenvalue weighted by Gasteiger charge is -2.06. The van der Waals surface area contributed by atoms with Crippen molar-refractivity contribution in [2.75, 3.05) is 11.6 Å². The SMILES string of the molecule is CSc1ccc(C(=O)Nc2cnc(-n3ccnc3)nc2)cc1. The summed E-state index contributed by atoms with van der Waals surface area (Å²) in [7, 11) is 0. The summed E-state index contributed by atoms with van der Waals surface area (Å²) in [5.41, 5.74) is 1.14. The molecule has 0 radical (unpaired) electrons. The smallest absolute Gasteiger partial charge is 0.255 e. The lowest BCUT2D eigenvalue weighted by atomic mass is 10.2. The molecule has 2 heterocycles. The molecule has 0 saturated carbocycles. The molecule has 0 atom stereocenters. The lowest BCUT2D eigenvalue weighted by molar-refractivity contribution is 0.102. The quantitative estimate of drug-likeness (QED) is 0.750. The molecule has 0 unspecified atom stereocenters. The van der Waals surface area contributed by atoms with Crippen molar-refractivity contribution >= 4 is 23.4 Å². The second-order valence-electron chi connectivity index (χ2n) is 4.42. The van der Waals surface area contributed by atoms with E-state index in [0.717, 1.165) is 4.90 Å². The fraction of sp³-hybridized carbons (Fsp3) is 0.0667. The van der Waals surface area contributed by atoms with E-state index in [-0.39, 0.29) is 5.91 Å². The molecule has 0 spiro atoms. The van der Waals surface area contributed by atoms with Crippen molar-refractivity contribution in [3.63, 3.8) is 0 Å². The summed E-state index contributed by atoms with van der Waals surface area (Å²) in [6, 6.07) is 7.42. The van der Waals surface area contributed by atoms with Gasteiger partial charge in [0, 0.05) is 22.9 Å². The van der Waals surface area contributed by atoms with Crippen molar-refractivity contribution in [2.45, 2.75) is 4.90 Å². The van der Waals surface area contributed by atoms with Gasteiger partial charge in [0.25, 0.3) is 5.91 Å². The Morgan fingerprint density at radius 1 is 1.18 bits per heavy atom. The molecular formula is C15H13N5OS. The van der Waals surface area contributed by atoms with E-state index < -0.39 is 0 Å². The number of nitrogens with zero attached hydrogens (tertiary/aromatic N) is 4. The van der Waals surface area contributed by atoms with Crippen LogP contribution in [0.1, 0.15) is 10.4 Å². The van der Waals surface area contributed by atoms with Gasteiger partial charge in [-0.25, -0.2) is 15.0 Å². The van der Waals surface area contributed by atoms with Gasteiger partial charge in [-0.3, -0.25) is 9.36 Å². The predicted molar refractivity (Wildman–Crippen MR) is 85.3 cm³/mol. The predicted octanol–water partition coefficient (Wildman–Crippen LogP) is 2.64. The highest BCUT2D eigenvalue weighted by Gasteiger charge is 2.07. The Hall–Kier alpha value is -2.67. The molecule has 3 aromatic rings. The number of carbonyl (C=O) groups is 1. The lowest BCUT2D eigenvalue weighted by Crippen LogP contribution is -2.12. The minimum Gasteiger partial charge on any atom is -0.319 e. The van der Waals surface area contributed by atoms with E-state index in [4.69, 9.17) is 0 Å². The Kier molecular flexibility index (Phi) is 4.15. The van der Waals surface area contributed by atoms with Crippen molar-refractivity contribution < 1.29 is 4.79 Å². The van der Waals surface area contributed by atoms with E-state index in [1.807, 2.05) is 18.4 Å². The summed E-state index contributed by atoms with van der Waals surface area (Å²) in [6.07, 6.45) is 10.1. The zero-order chi connectivity index (χ0) is 15.4. The van der Waals surface area contributed by atoms with E-state index in [1.165, 1.54) is 0 Å². The van der Waals surface area contributed by atoms with Crippen LogP contribution in [0, 0.1) is 0 Å². The number of hydrogen-bond donors (Lipinski definition) is 1. The standard InChI is InChI=1S/C15H13N5OS/c1-22-13-4-2-11(3-5-13)14(21)19-12-8-17-15(18-9-12)20-7-6-16-10-20/h2-10H,1H3,(H,19,21). The maximum Gasteiger partial charge on any atom is 0.255 e. The number of nitrogens with one attached hydrogen (secondary N) is 1. The fourth-order valence-electron chi connectivity index (χ4n) is 1.84. The first-order valence-corrected chi connectivity index (χ1v) is 7.74. The van der Waals surface area contributed by atoms with Gasteiger partial charge >= 0.3 is 0 Å². The van der Waals surface area contributed by atoms with Crippen molar-refractivity contribution in [2.24, 2.45) is 0 Å². The normalized spacial score (nSPS) is 10.4. The molecule has 6 nitrogen and oxygen atoms in total. The molecule has 0 fully saturated rings. The molecule has 0 aliphatic heterocycles. The topological polar surface area (TPSA) is 72.7 Å². The maximum atomic E-state index is 12.1. The van der Waals surface area contributed by atoms with Crippen LogP contribution in [0.5, 0.6) is 0 Å². The fourth-order valence-corrected chi connectivity index (χ4v) is 2.25. The van der Waals surface area contributed by atoms with E-state index in [9.17, 15) is 4.79 Å². The second-order valence-corrected chi connectivity index (χ2v) is 5.30.